The maximum Gasteiger partial charge on any atom is 0.162 e. The number of ketones is 1. The molecule has 16 heavy (non-hydrogen) atoms. The molecule has 1 unspecified atom stereocenters. The van der Waals surface area contributed by atoms with Gasteiger partial charge in [-0.1, -0.05) is 29.8 Å². The van der Waals surface area contributed by atoms with Crippen molar-refractivity contribution in [2.24, 2.45) is 5.92 Å². The van der Waals surface area contributed by atoms with E-state index in [2.05, 4.69) is 22.9 Å². The van der Waals surface area contributed by atoms with Gasteiger partial charge in [-0.15, -0.1) is 0 Å². The second-order valence-corrected chi connectivity index (χ2v) is 4.52. The molecule has 88 valence electrons. The summed E-state index contributed by atoms with van der Waals surface area (Å²) in [6, 6.07) is 7.34. The Morgan fingerprint density at radius 1 is 1.38 bits per heavy atom. The van der Waals surface area contributed by atoms with Crippen molar-refractivity contribution in [3.63, 3.8) is 0 Å². The first-order valence-electron chi connectivity index (χ1n) is 5.49. The van der Waals surface area contributed by atoms with Crippen molar-refractivity contribution in [1.29, 1.82) is 0 Å². The lowest BCUT2D eigenvalue weighted by Crippen LogP contribution is -2.09. The number of benzene rings is 1. The first kappa shape index (κ1) is 13.2. The SMILES string of the molecule is CCC(=O)c1ccc(OCC(C)CBr)cc1. The molecule has 0 aliphatic rings. The summed E-state index contributed by atoms with van der Waals surface area (Å²) in [6.07, 6.45) is 0.542. The lowest BCUT2D eigenvalue weighted by atomic mass is 10.1. The highest BCUT2D eigenvalue weighted by molar-refractivity contribution is 9.09. The van der Waals surface area contributed by atoms with Crippen LogP contribution in [0.1, 0.15) is 30.6 Å². The summed E-state index contributed by atoms with van der Waals surface area (Å²) in [7, 11) is 0. The van der Waals surface area contributed by atoms with Crippen LogP contribution in [0.3, 0.4) is 0 Å². The van der Waals surface area contributed by atoms with Crippen LogP contribution >= 0.6 is 15.9 Å². The van der Waals surface area contributed by atoms with Crippen molar-refractivity contribution in [2.45, 2.75) is 20.3 Å². The van der Waals surface area contributed by atoms with E-state index >= 15 is 0 Å². The summed E-state index contributed by atoms with van der Waals surface area (Å²) in [6.45, 7) is 4.67. The number of halogens is 1. The number of carbonyl (C=O) groups is 1. The zero-order valence-electron chi connectivity index (χ0n) is 9.70. The number of alkyl halides is 1. The number of rotatable bonds is 6. The minimum atomic E-state index is 0.167. The molecule has 0 N–H and O–H groups in total. The molecule has 0 heterocycles. The van der Waals surface area contributed by atoms with Gasteiger partial charge in [-0.25, -0.2) is 0 Å². The fourth-order valence-corrected chi connectivity index (χ4v) is 1.41. The van der Waals surface area contributed by atoms with E-state index in [0.717, 1.165) is 16.6 Å². The fraction of sp³-hybridized carbons (Fsp3) is 0.462. The van der Waals surface area contributed by atoms with Gasteiger partial charge in [0.1, 0.15) is 5.75 Å². The number of ether oxygens (including phenoxy) is 1. The Morgan fingerprint density at radius 3 is 2.50 bits per heavy atom. The molecule has 1 aromatic rings. The first-order valence-corrected chi connectivity index (χ1v) is 6.61. The zero-order valence-corrected chi connectivity index (χ0v) is 11.3. The Hall–Kier alpha value is -0.830. The van der Waals surface area contributed by atoms with Crippen LogP contribution in [0, 0.1) is 5.92 Å². The van der Waals surface area contributed by atoms with E-state index in [1.54, 1.807) is 0 Å². The third kappa shape index (κ3) is 3.97. The van der Waals surface area contributed by atoms with Gasteiger partial charge >= 0.3 is 0 Å². The van der Waals surface area contributed by atoms with Crippen LogP contribution in [0.15, 0.2) is 24.3 Å². The number of hydrogen-bond donors (Lipinski definition) is 0. The third-order valence-electron chi connectivity index (χ3n) is 2.30. The van der Waals surface area contributed by atoms with Crippen LogP contribution in [-0.4, -0.2) is 17.7 Å². The molecule has 0 spiro atoms. The Morgan fingerprint density at radius 2 is 2.00 bits per heavy atom. The monoisotopic (exact) mass is 284 g/mol. The molecule has 2 nitrogen and oxygen atoms in total. The minimum Gasteiger partial charge on any atom is -0.493 e. The largest absolute Gasteiger partial charge is 0.493 e. The van der Waals surface area contributed by atoms with E-state index in [1.165, 1.54) is 0 Å². The van der Waals surface area contributed by atoms with Crippen LogP contribution in [0.2, 0.25) is 0 Å². The van der Waals surface area contributed by atoms with E-state index in [-0.39, 0.29) is 5.78 Å². The lowest BCUT2D eigenvalue weighted by molar-refractivity contribution is 0.0988. The number of hydrogen-bond acceptors (Lipinski definition) is 2. The predicted octanol–water partition coefficient (Wildman–Crippen LogP) is 3.69. The van der Waals surface area contributed by atoms with Crippen molar-refractivity contribution in [1.82, 2.24) is 0 Å². The van der Waals surface area contributed by atoms with Gasteiger partial charge in [0.15, 0.2) is 5.78 Å². The molecule has 1 aromatic carbocycles. The van der Waals surface area contributed by atoms with Gasteiger partial charge in [-0.3, -0.25) is 4.79 Å². The summed E-state index contributed by atoms with van der Waals surface area (Å²) >= 11 is 3.40. The second kappa shape index (κ2) is 6.69. The van der Waals surface area contributed by atoms with Gasteiger partial charge < -0.3 is 4.74 Å². The highest BCUT2D eigenvalue weighted by Crippen LogP contribution is 2.14. The zero-order chi connectivity index (χ0) is 12.0. The molecule has 0 radical (unpaired) electrons. The molecule has 3 heteroatoms. The first-order chi connectivity index (χ1) is 7.67. The van der Waals surface area contributed by atoms with Crippen LogP contribution in [-0.2, 0) is 0 Å². The molecule has 0 aromatic heterocycles. The Bertz CT molecular complexity index is 332. The highest BCUT2D eigenvalue weighted by atomic mass is 79.9. The summed E-state index contributed by atoms with van der Waals surface area (Å²) in [5, 5.41) is 0.930. The summed E-state index contributed by atoms with van der Waals surface area (Å²) in [5.74, 6) is 1.47. The molecule has 0 saturated heterocycles. The molecular formula is C13H17BrO2. The van der Waals surface area contributed by atoms with E-state index in [1.807, 2.05) is 31.2 Å². The highest BCUT2D eigenvalue weighted by Gasteiger charge is 2.04. The average Bonchev–Trinajstić information content (AvgIpc) is 2.35. The molecular weight excluding hydrogens is 268 g/mol. The van der Waals surface area contributed by atoms with Crippen molar-refractivity contribution >= 4 is 21.7 Å². The summed E-state index contributed by atoms with van der Waals surface area (Å²) < 4.78 is 5.59. The van der Waals surface area contributed by atoms with Crippen molar-refractivity contribution in [2.75, 3.05) is 11.9 Å². The Labute approximate surface area is 105 Å². The van der Waals surface area contributed by atoms with Gasteiger partial charge in [0, 0.05) is 17.3 Å². The third-order valence-corrected chi connectivity index (χ3v) is 3.40. The Kier molecular flexibility index (Phi) is 5.53. The predicted molar refractivity (Wildman–Crippen MR) is 69.5 cm³/mol. The maximum atomic E-state index is 11.4. The van der Waals surface area contributed by atoms with E-state index < -0.39 is 0 Å². The smallest absolute Gasteiger partial charge is 0.162 e. The minimum absolute atomic E-state index is 0.167. The van der Waals surface area contributed by atoms with E-state index in [9.17, 15) is 4.79 Å². The fourth-order valence-electron chi connectivity index (χ4n) is 1.22. The quantitative estimate of drug-likeness (QED) is 0.588. The standard InChI is InChI=1S/C13H17BrO2/c1-3-13(15)11-4-6-12(7-5-11)16-9-10(2)8-14/h4-7,10H,3,8-9H2,1-2H3. The van der Waals surface area contributed by atoms with Crippen molar-refractivity contribution in [3.05, 3.63) is 29.8 Å². The number of carbonyl (C=O) groups excluding carboxylic acids is 1. The molecule has 1 atom stereocenters. The van der Waals surface area contributed by atoms with E-state index in [0.29, 0.717) is 18.9 Å². The summed E-state index contributed by atoms with van der Waals surface area (Å²) in [5.41, 5.74) is 0.753. The summed E-state index contributed by atoms with van der Waals surface area (Å²) in [4.78, 5) is 11.4. The molecule has 0 aliphatic heterocycles. The van der Waals surface area contributed by atoms with Crippen LogP contribution in [0.25, 0.3) is 0 Å². The molecule has 0 amide bonds. The van der Waals surface area contributed by atoms with Crippen molar-refractivity contribution < 1.29 is 9.53 Å². The van der Waals surface area contributed by atoms with Gasteiger partial charge in [0.2, 0.25) is 0 Å². The molecule has 0 saturated carbocycles. The Balaban J connectivity index is 2.54. The van der Waals surface area contributed by atoms with Gasteiger partial charge in [-0.2, -0.15) is 0 Å². The van der Waals surface area contributed by atoms with Crippen LogP contribution < -0.4 is 4.74 Å². The molecule has 0 aliphatic carbocycles. The number of Topliss-reactive ketones (excluding diaryl/α,β-unsaturated/α-hetero) is 1. The normalized spacial score (nSPS) is 12.2. The maximum absolute atomic E-state index is 11.4. The molecule has 0 fully saturated rings. The van der Waals surface area contributed by atoms with Crippen LogP contribution in [0.5, 0.6) is 5.75 Å². The van der Waals surface area contributed by atoms with Gasteiger partial charge in [-0.05, 0) is 30.2 Å². The average molecular weight is 285 g/mol. The van der Waals surface area contributed by atoms with Gasteiger partial charge in [0.25, 0.3) is 0 Å². The molecule has 1 rings (SSSR count). The van der Waals surface area contributed by atoms with Crippen molar-refractivity contribution in [3.8, 4) is 5.75 Å². The van der Waals surface area contributed by atoms with Crippen LogP contribution in [0.4, 0.5) is 0 Å². The molecule has 0 bridgehead atoms. The topological polar surface area (TPSA) is 26.3 Å². The van der Waals surface area contributed by atoms with E-state index in [4.69, 9.17) is 4.74 Å². The lowest BCUT2D eigenvalue weighted by Gasteiger charge is -2.10. The second-order valence-electron chi connectivity index (χ2n) is 3.87. The van der Waals surface area contributed by atoms with Gasteiger partial charge in [0.05, 0.1) is 6.61 Å².